The lowest BCUT2D eigenvalue weighted by Gasteiger charge is -2.49. The Kier molecular flexibility index (Phi) is 18.3. The summed E-state index contributed by atoms with van der Waals surface area (Å²) in [6, 6.07) is 0. The van der Waals surface area contributed by atoms with Gasteiger partial charge in [0.15, 0.2) is 0 Å². The van der Waals surface area contributed by atoms with Crippen LogP contribution in [-0.2, 0) is 4.79 Å². The molecule has 3 fully saturated rings. The number of rotatable bonds is 6. The minimum Gasteiger partial charge on any atom is -0.394 e. The summed E-state index contributed by atoms with van der Waals surface area (Å²) in [6.45, 7) is -0.618. The highest BCUT2D eigenvalue weighted by atomic mass is 16.4. The van der Waals surface area contributed by atoms with Crippen LogP contribution in [0.4, 0.5) is 0 Å². The standard InChI is InChI=1S/C38H70O5/c39-29-34(41)36(42)37(43)38(30-40)27-21-17-13-9-5-3-1-2-4-6-10-14-18-22-31-25-26-33(28-31)35(38)32-23-19-15-11-7-8-12-16-20-24-32/h30-37,39,41-43H,1-29H2. The second-order valence-corrected chi connectivity index (χ2v) is 15.2. The van der Waals surface area contributed by atoms with E-state index in [0.717, 1.165) is 51.2 Å². The topological polar surface area (TPSA) is 98.0 Å². The Balaban J connectivity index is 1.93. The van der Waals surface area contributed by atoms with Crippen molar-refractivity contribution in [2.24, 2.45) is 29.1 Å². The predicted octanol–water partition coefficient (Wildman–Crippen LogP) is 8.68. The van der Waals surface area contributed by atoms with Crippen molar-refractivity contribution in [1.29, 1.82) is 0 Å². The average Bonchev–Trinajstić information content (AvgIpc) is 3.46. The molecule has 0 aromatic carbocycles. The fourth-order valence-corrected chi connectivity index (χ4v) is 9.51. The molecule has 7 atom stereocenters. The quantitative estimate of drug-likeness (QED) is 0.227. The van der Waals surface area contributed by atoms with Crippen molar-refractivity contribution < 1.29 is 25.2 Å². The van der Waals surface area contributed by atoms with Gasteiger partial charge in [-0.25, -0.2) is 0 Å². The van der Waals surface area contributed by atoms with Gasteiger partial charge in [0.1, 0.15) is 18.5 Å². The molecule has 5 nitrogen and oxygen atoms in total. The maximum absolute atomic E-state index is 13.6. The van der Waals surface area contributed by atoms with E-state index >= 15 is 0 Å². The largest absolute Gasteiger partial charge is 0.394 e. The van der Waals surface area contributed by atoms with E-state index in [1.54, 1.807) is 0 Å². The van der Waals surface area contributed by atoms with Crippen LogP contribution in [-0.4, -0.2) is 51.6 Å². The summed E-state index contributed by atoms with van der Waals surface area (Å²) in [5.41, 5.74) is -1.10. The number of fused-ring (bicyclic) bond motifs is 2. The van der Waals surface area contributed by atoms with E-state index in [-0.39, 0.29) is 5.92 Å². The smallest absolute Gasteiger partial charge is 0.129 e. The normalized spacial score (nSPS) is 33.4. The SMILES string of the molecule is O=CC1(C(O)C(O)C(O)CO)CCCCCCCCCCCCCCCC2CCC(C2)C1C1CCCCCCCCCC1. The van der Waals surface area contributed by atoms with Crippen LogP contribution in [0, 0.1) is 29.1 Å². The van der Waals surface area contributed by atoms with Crippen LogP contribution in [0.5, 0.6) is 0 Å². The van der Waals surface area contributed by atoms with Gasteiger partial charge in [0.25, 0.3) is 0 Å². The van der Waals surface area contributed by atoms with Gasteiger partial charge in [0, 0.05) is 0 Å². The second-order valence-electron chi connectivity index (χ2n) is 15.2. The van der Waals surface area contributed by atoms with Crippen molar-refractivity contribution in [2.45, 2.75) is 198 Å². The van der Waals surface area contributed by atoms with Crippen LogP contribution in [0.1, 0.15) is 180 Å². The van der Waals surface area contributed by atoms with E-state index in [1.807, 2.05) is 0 Å². The van der Waals surface area contributed by atoms with E-state index in [4.69, 9.17) is 0 Å². The van der Waals surface area contributed by atoms with Gasteiger partial charge in [-0.15, -0.1) is 0 Å². The molecule has 0 saturated heterocycles. The first-order valence-electron chi connectivity index (χ1n) is 19.1. The number of aliphatic hydroxyl groups is 4. The van der Waals surface area contributed by atoms with Crippen LogP contribution in [0.2, 0.25) is 0 Å². The lowest BCUT2D eigenvalue weighted by atomic mass is 9.56. The number of aliphatic hydroxyl groups excluding tert-OH is 4. The molecular weight excluding hydrogens is 536 g/mol. The molecule has 3 aliphatic carbocycles. The van der Waals surface area contributed by atoms with E-state index < -0.39 is 30.3 Å². The summed E-state index contributed by atoms with van der Waals surface area (Å²) < 4.78 is 0. The number of aldehydes is 1. The molecule has 0 amide bonds. The van der Waals surface area contributed by atoms with Crippen LogP contribution in [0.3, 0.4) is 0 Å². The molecule has 3 rings (SSSR count). The molecule has 4 N–H and O–H groups in total. The summed E-state index contributed by atoms with van der Waals surface area (Å²) in [5.74, 6) is 1.41. The minimum atomic E-state index is -1.52. The van der Waals surface area contributed by atoms with Crippen molar-refractivity contribution in [3.63, 3.8) is 0 Å². The van der Waals surface area contributed by atoms with Crippen molar-refractivity contribution in [2.75, 3.05) is 6.61 Å². The van der Waals surface area contributed by atoms with Crippen molar-refractivity contribution >= 4 is 6.29 Å². The molecule has 0 aliphatic heterocycles. The number of carbonyl (C=O) groups is 1. The molecule has 0 spiro atoms. The van der Waals surface area contributed by atoms with Gasteiger partial charge in [-0.3, -0.25) is 0 Å². The summed E-state index contributed by atoms with van der Waals surface area (Å²) in [7, 11) is 0. The van der Waals surface area contributed by atoms with E-state index in [2.05, 4.69) is 0 Å². The number of hydrogen-bond donors (Lipinski definition) is 4. The molecular formula is C38H70O5. The van der Waals surface area contributed by atoms with Gasteiger partial charge < -0.3 is 25.2 Å². The zero-order valence-corrected chi connectivity index (χ0v) is 27.8. The lowest BCUT2D eigenvalue weighted by molar-refractivity contribution is -0.164. The molecule has 0 aromatic heterocycles. The van der Waals surface area contributed by atoms with Gasteiger partial charge in [-0.05, 0) is 42.9 Å². The van der Waals surface area contributed by atoms with Gasteiger partial charge in [0.2, 0.25) is 0 Å². The van der Waals surface area contributed by atoms with Crippen LogP contribution in [0.15, 0.2) is 0 Å². The van der Waals surface area contributed by atoms with Crippen molar-refractivity contribution in [1.82, 2.24) is 0 Å². The van der Waals surface area contributed by atoms with Crippen LogP contribution in [0.25, 0.3) is 0 Å². The molecule has 3 aliphatic rings. The zero-order chi connectivity index (χ0) is 30.8. The third kappa shape index (κ3) is 12.0. The Morgan fingerprint density at radius 3 is 1.47 bits per heavy atom. The first-order valence-corrected chi connectivity index (χ1v) is 19.1. The van der Waals surface area contributed by atoms with Gasteiger partial charge in [0.05, 0.1) is 18.1 Å². The third-order valence-electron chi connectivity index (χ3n) is 12.0. The first kappa shape index (κ1) is 37.0. The first-order chi connectivity index (χ1) is 21.0. The molecule has 2 bridgehead atoms. The molecule has 43 heavy (non-hydrogen) atoms. The fraction of sp³-hybridized carbons (Fsp3) is 0.974. The predicted molar refractivity (Wildman–Crippen MR) is 177 cm³/mol. The molecule has 5 heteroatoms. The summed E-state index contributed by atoms with van der Waals surface area (Å²) in [6.07, 6.45) is 30.5. The Labute approximate surface area is 265 Å². The molecule has 3 saturated carbocycles. The fourth-order valence-electron chi connectivity index (χ4n) is 9.51. The molecule has 0 aromatic rings. The highest BCUT2D eigenvalue weighted by Gasteiger charge is 2.54. The minimum absolute atomic E-state index is 0.0110. The highest BCUT2D eigenvalue weighted by molar-refractivity contribution is 5.62. The third-order valence-corrected chi connectivity index (χ3v) is 12.0. The van der Waals surface area contributed by atoms with Gasteiger partial charge in [-0.1, -0.05) is 161 Å². The van der Waals surface area contributed by atoms with Gasteiger partial charge in [-0.2, -0.15) is 0 Å². The summed E-state index contributed by atoms with van der Waals surface area (Å²) >= 11 is 0. The Hall–Kier alpha value is -0.490. The van der Waals surface area contributed by atoms with E-state index in [0.29, 0.717) is 24.2 Å². The maximum atomic E-state index is 13.6. The van der Waals surface area contributed by atoms with Gasteiger partial charge >= 0.3 is 0 Å². The zero-order valence-electron chi connectivity index (χ0n) is 27.8. The highest BCUT2D eigenvalue weighted by Crippen LogP contribution is 2.53. The lowest BCUT2D eigenvalue weighted by Crippen LogP contribution is -2.56. The summed E-state index contributed by atoms with van der Waals surface area (Å²) in [4.78, 5) is 13.6. The maximum Gasteiger partial charge on any atom is 0.129 e. The molecule has 0 radical (unpaired) electrons. The Morgan fingerprint density at radius 2 is 1.00 bits per heavy atom. The van der Waals surface area contributed by atoms with Crippen LogP contribution >= 0.6 is 0 Å². The Bertz CT molecular complexity index is 702. The average molecular weight is 607 g/mol. The second kappa shape index (κ2) is 21.3. The van der Waals surface area contributed by atoms with Crippen molar-refractivity contribution in [3.8, 4) is 0 Å². The summed E-state index contributed by atoms with van der Waals surface area (Å²) in [5, 5.41) is 43.3. The van der Waals surface area contributed by atoms with Crippen LogP contribution < -0.4 is 0 Å². The number of hydrogen-bond acceptors (Lipinski definition) is 5. The monoisotopic (exact) mass is 607 g/mol. The Morgan fingerprint density at radius 1 is 0.558 bits per heavy atom. The molecule has 252 valence electrons. The van der Waals surface area contributed by atoms with E-state index in [1.165, 1.54) is 128 Å². The molecule has 7 unspecified atom stereocenters. The molecule has 0 heterocycles. The number of carbonyl (C=O) groups excluding carboxylic acids is 1. The van der Waals surface area contributed by atoms with Crippen molar-refractivity contribution in [3.05, 3.63) is 0 Å². The van der Waals surface area contributed by atoms with E-state index in [9.17, 15) is 25.2 Å².